The number of carbonyl (C=O) groups is 2. The third-order valence-corrected chi connectivity index (χ3v) is 4.34. The number of hydrogen-bond acceptors (Lipinski definition) is 4. The summed E-state index contributed by atoms with van der Waals surface area (Å²) in [5.74, 6) is 0.0950. The van der Waals surface area contributed by atoms with E-state index in [4.69, 9.17) is 5.73 Å². The first kappa shape index (κ1) is 14.1. The summed E-state index contributed by atoms with van der Waals surface area (Å²) >= 11 is 0. The van der Waals surface area contributed by atoms with Crippen molar-refractivity contribution in [3.8, 4) is 0 Å². The highest BCUT2D eigenvalue weighted by Crippen LogP contribution is 2.22. The van der Waals surface area contributed by atoms with Gasteiger partial charge in [-0.25, -0.2) is 0 Å². The zero-order valence-corrected chi connectivity index (χ0v) is 12.0. The van der Waals surface area contributed by atoms with Gasteiger partial charge in [-0.2, -0.15) is 0 Å². The van der Waals surface area contributed by atoms with Crippen molar-refractivity contribution < 1.29 is 9.59 Å². The van der Waals surface area contributed by atoms with Crippen molar-refractivity contribution in [2.45, 2.75) is 44.2 Å². The van der Waals surface area contributed by atoms with Gasteiger partial charge in [-0.3, -0.25) is 9.59 Å². The number of hydrogen-bond donors (Lipinski definition) is 3. The van der Waals surface area contributed by atoms with Crippen LogP contribution in [-0.2, 0) is 11.2 Å². The number of benzene rings is 1. The van der Waals surface area contributed by atoms with E-state index in [2.05, 4.69) is 10.6 Å². The van der Waals surface area contributed by atoms with Gasteiger partial charge in [0.05, 0.1) is 6.54 Å². The van der Waals surface area contributed by atoms with Gasteiger partial charge in [0.25, 0.3) is 5.91 Å². The first-order valence-corrected chi connectivity index (χ1v) is 7.57. The minimum Gasteiger partial charge on any atom is -0.378 e. The van der Waals surface area contributed by atoms with E-state index in [0.717, 1.165) is 36.9 Å². The molecule has 2 aliphatic rings. The molecule has 1 aliphatic carbocycles. The van der Waals surface area contributed by atoms with Crippen LogP contribution in [0, 0.1) is 0 Å². The highest BCUT2D eigenvalue weighted by Gasteiger charge is 2.22. The normalized spacial score (nSPS) is 24.9. The van der Waals surface area contributed by atoms with Crippen LogP contribution < -0.4 is 16.4 Å². The molecule has 3 rings (SSSR count). The molecule has 1 aromatic rings. The highest BCUT2D eigenvalue weighted by molar-refractivity contribution is 5.96. The number of carbonyl (C=O) groups excluding carboxylic acids is 2. The van der Waals surface area contributed by atoms with Gasteiger partial charge in [-0.1, -0.05) is 0 Å². The zero-order chi connectivity index (χ0) is 14.8. The van der Waals surface area contributed by atoms with E-state index in [0.29, 0.717) is 18.5 Å². The Kier molecular flexibility index (Phi) is 3.92. The fourth-order valence-electron chi connectivity index (χ4n) is 3.05. The zero-order valence-electron chi connectivity index (χ0n) is 12.0. The highest BCUT2D eigenvalue weighted by atomic mass is 16.1. The summed E-state index contributed by atoms with van der Waals surface area (Å²) in [5, 5.41) is 6.14. The second-order valence-electron chi connectivity index (χ2n) is 6.03. The Morgan fingerprint density at radius 3 is 2.76 bits per heavy atom. The predicted octanol–water partition coefficient (Wildman–Crippen LogP) is 1.22. The summed E-state index contributed by atoms with van der Waals surface area (Å²) in [4.78, 5) is 23.8. The maximum Gasteiger partial charge on any atom is 0.251 e. The van der Waals surface area contributed by atoms with Gasteiger partial charge in [0.2, 0.25) is 0 Å². The fourth-order valence-corrected chi connectivity index (χ4v) is 3.05. The van der Waals surface area contributed by atoms with Crippen molar-refractivity contribution in [1.29, 1.82) is 0 Å². The van der Waals surface area contributed by atoms with E-state index in [1.165, 1.54) is 0 Å². The minimum atomic E-state index is -0.0590. The van der Waals surface area contributed by atoms with Crippen LogP contribution in [0.1, 0.15) is 41.6 Å². The van der Waals surface area contributed by atoms with E-state index < -0.39 is 0 Å². The molecule has 4 N–H and O–H groups in total. The Bertz CT molecular complexity index is 563. The number of amides is 1. The van der Waals surface area contributed by atoms with Gasteiger partial charge >= 0.3 is 0 Å². The standard InChI is InChI=1S/C16H21N3O2/c17-12-2-4-13(5-3-12)19-16(21)10-1-6-15-11(7-10)8-14(20)9-18-15/h1,6-7,12-13,18H,2-5,8-9,17H2,(H,19,21). The topological polar surface area (TPSA) is 84.2 Å². The molecule has 0 aromatic heterocycles. The van der Waals surface area contributed by atoms with Crippen LogP contribution in [0.25, 0.3) is 0 Å². The SMILES string of the molecule is NC1CCC(NC(=O)c2ccc3c(c2)CC(=O)CN3)CC1. The van der Waals surface area contributed by atoms with E-state index in [1.54, 1.807) is 0 Å². The summed E-state index contributed by atoms with van der Waals surface area (Å²) < 4.78 is 0. The summed E-state index contributed by atoms with van der Waals surface area (Å²) in [6, 6.07) is 6.01. The molecule has 1 saturated carbocycles. The maximum absolute atomic E-state index is 12.3. The van der Waals surface area contributed by atoms with Gasteiger partial charge in [0, 0.05) is 29.8 Å². The Morgan fingerprint density at radius 2 is 2.00 bits per heavy atom. The van der Waals surface area contributed by atoms with Crippen molar-refractivity contribution in [2.24, 2.45) is 5.73 Å². The monoisotopic (exact) mass is 287 g/mol. The van der Waals surface area contributed by atoms with E-state index >= 15 is 0 Å². The molecule has 5 nitrogen and oxygen atoms in total. The maximum atomic E-state index is 12.3. The van der Waals surface area contributed by atoms with Crippen LogP contribution in [0.4, 0.5) is 5.69 Å². The molecule has 21 heavy (non-hydrogen) atoms. The average molecular weight is 287 g/mol. The van der Waals surface area contributed by atoms with Crippen molar-refractivity contribution in [2.75, 3.05) is 11.9 Å². The molecule has 1 aliphatic heterocycles. The molecule has 1 heterocycles. The molecule has 1 aromatic carbocycles. The summed E-state index contributed by atoms with van der Waals surface area (Å²) in [5.41, 5.74) is 8.36. The lowest BCUT2D eigenvalue weighted by Gasteiger charge is -2.27. The molecule has 0 unspecified atom stereocenters. The number of anilines is 1. The second-order valence-corrected chi connectivity index (χ2v) is 6.03. The smallest absolute Gasteiger partial charge is 0.251 e. The molecule has 1 amide bonds. The van der Waals surface area contributed by atoms with Crippen LogP contribution in [0.5, 0.6) is 0 Å². The third-order valence-electron chi connectivity index (χ3n) is 4.34. The lowest BCUT2D eigenvalue weighted by atomic mass is 9.91. The van der Waals surface area contributed by atoms with Crippen LogP contribution in [0.15, 0.2) is 18.2 Å². The average Bonchev–Trinajstić information content (AvgIpc) is 2.48. The molecule has 0 radical (unpaired) electrons. The first-order chi connectivity index (χ1) is 10.1. The molecular formula is C16H21N3O2. The van der Waals surface area contributed by atoms with E-state index in [-0.39, 0.29) is 23.8 Å². The van der Waals surface area contributed by atoms with Crippen LogP contribution in [0.2, 0.25) is 0 Å². The third kappa shape index (κ3) is 3.24. The van der Waals surface area contributed by atoms with Gasteiger partial charge in [-0.05, 0) is 49.4 Å². The molecule has 0 spiro atoms. The number of nitrogens with two attached hydrogens (primary N) is 1. The summed E-state index contributed by atoms with van der Waals surface area (Å²) in [6.45, 7) is 0.376. The minimum absolute atomic E-state index is 0.0590. The molecule has 0 atom stereocenters. The lowest BCUT2D eigenvalue weighted by Crippen LogP contribution is -2.40. The molecule has 0 bridgehead atoms. The first-order valence-electron chi connectivity index (χ1n) is 7.57. The van der Waals surface area contributed by atoms with E-state index in [1.807, 2.05) is 18.2 Å². The van der Waals surface area contributed by atoms with Crippen LogP contribution in [-0.4, -0.2) is 30.3 Å². The Hall–Kier alpha value is -1.88. The van der Waals surface area contributed by atoms with Gasteiger partial charge < -0.3 is 16.4 Å². The predicted molar refractivity (Wildman–Crippen MR) is 81.3 cm³/mol. The lowest BCUT2D eigenvalue weighted by molar-refractivity contribution is -0.117. The molecule has 112 valence electrons. The number of fused-ring (bicyclic) bond motifs is 1. The number of rotatable bonds is 2. The van der Waals surface area contributed by atoms with E-state index in [9.17, 15) is 9.59 Å². The van der Waals surface area contributed by atoms with Gasteiger partial charge in [0.1, 0.15) is 0 Å². The van der Waals surface area contributed by atoms with Crippen molar-refractivity contribution >= 4 is 17.4 Å². The number of Topliss-reactive ketones (excluding diaryl/α,β-unsaturated/α-hetero) is 1. The summed E-state index contributed by atoms with van der Waals surface area (Å²) in [6.07, 6.45) is 4.22. The van der Waals surface area contributed by atoms with Crippen molar-refractivity contribution in [3.63, 3.8) is 0 Å². The van der Waals surface area contributed by atoms with Crippen molar-refractivity contribution in [3.05, 3.63) is 29.3 Å². The second kappa shape index (κ2) is 5.85. The largest absolute Gasteiger partial charge is 0.378 e. The molecule has 1 fully saturated rings. The van der Waals surface area contributed by atoms with Gasteiger partial charge in [-0.15, -0.1) is 0 Å². The summed E-state index contributed by atoms with van der Waals surface area (Å²) in [7, 11) is 0. The van der Waals surface area contributed by atoms with Crippen molar-refractivity contribution in [1.82, 2.24) is 5.32 Å². The molecule has 0 saturated heterocycles. The van der Waals surface area contributed by atoms with Gasteiger partial charge in [0.15, 0.2) is 5.78 Å². The Balaban J connectivity index is 1.67. The molecule has 5 heteroatoms. The number of ketones is 1. The fraction of sp³-hybridized carbons (Fsp3) is 0.500. The molecular weight excluding hydrogens is 266 g/mol. The van der Waals surface area contributed by atoms with Crippen LogP contribution in [0.3, 0.4) is 0 Å². The quantitative estimate of drug-likeness (QED) is 0.763. The Labute approximate surface area is 124 Å². The Morgan fingerprint density at radius 1 is 1.24 bits per heavy atom. The number of nitrogens with one attached hydrogen (secondary N) is 2. The van der Waals surface area contributed by atoms with Crippen LogP contribution >= 0.6 is 0 Å².